The van der Waals surface area contributed by atoms with Crippen molar-refractivity contribution < 1.29 is 34.7 Å². The number of amides is 1. The van der Waals surface area contributed by atoms with Crippen molar-refractivity contribution in [3.63, 3.8) is 0 Å². The number of hydrogen-bond donors (Lipinski definition) is 5. The van der Waals surface area contributed by atoms with Gasteiger partial charge in [0.1, 0.15) is 36.0 Å². The molecular formula is C24H27N3O7. The Morgan fingerprint density at radius 1 is 1.12 bits per heavy atom. The van der Waals surface area contributed by atoms with Crippen LogP contribution in [0.4, 0.5) is 5.69 Å². The van der Waals surface area contributed by atoms with Gasteiger partial charge in [-0.05, 0) is 40.6 Å². The molecule has 2 saturated heterocycles. The number of nitrogens with one attached hydrogen (secondary N) is 1. The van der Waals surface area contributed by atoms with Crippen LogP contribution in [0.15, 0.2) is 42.0 Å². The van der Waals surface area contributed by atoms with Crippen molar-refractivity contribution >= 4 is 28.4 Å². The smallest absolute Gasteiger partial charge is 0.262 e. The number of ether oxygens (including phenoxy) is 2. The van der Waals surface area contributed by atoms with Crippen LogP contribution in [0.2, 0.25) is 0 Å². The van der Waals surface area contributed by atoms with Gasteiger partial charge in [0.15, 0.2) is 6.29 Å². The molecule has 2 heterocycles. The van der Waals surface area contributed by atoms with Crippen LogP contribution in [-0.2, 0) is 14.3 Å². The number of morpholine rings is 1. The highest BCUT2D eigenvalue weighted by molar-refractivity contribution is 6.02. The zero-order valence-electron chi connectivity index (χ0n) is 18.4. The molecule has 10 nitrogen and oxygen atoms in total. The number of rotatable bonds is 5. The van der Waals surface area contributed by atoms with Crippen LogP contribution in [0.1, 0.15) is 5.56 Å². The van der Waals surface area contributed by atoms with Crippen molar-refractivity contribution in [2.24, 2.45) is 0 Å². The van der Waals surface area contributed by atoms with Crippen LogP contribution in [-0.4, -0.2) is 89.9 Å². The molecule has 180 valence electrons. The van der Waals surface area contributed by atoms with Gasteiger partial charge in [-0.15, -0.1) is 0 Å². The number of carbonyl (C=O) groups is 1. The van der Waals surface area contributed by atoms with Gasteiger partial charge in [0, 0.05) is 18.8 Å². The molecule has 0 aromatic heterocycles. The summed E-state index contributed by atoms with van der Waals surface area (Å²) >= 11 is 0. The van der Waals surface area contributed by atoms with Crippen LogP contribution in [0.25, 0.3) is 16.8 Å². The number of aliphatic hydroxyl groups excluding tert-OH is 4. The Morgan fingerprint density at radius 3 is 2.53 bits per heavy atom. The third-order valence-corrected chi connectivity index (χ3v) is 6.10. The SMILES string of the molecule is N#C/C(=C\c1ccc2cc(N3CCOCC3)ccc2c1)C(=O)N[C@H]1C(O)O[C@H](CO)[C@@H](O)[C@@H]1O. The fourth-order valence-corrected chi connectivity index (χ4v) is 4.16. The molecule has 0 bridgehead atoms. The van der Waals surface area contributed by atoms with Crippen molar-refractivity contribution in [3.05, 3.63) is 47.5 Å². The largest absolute Gasteiger partial charge is 0.394 e. The average Bonchev–Trinajstić information content (AvgIpc) is 2.87. The molecule has 1 amide bonds. The van der Waals surface area contributed by atoms with Gasteiger partial charge in [-0.1, -0.05) is 18.2 Å². The predicted molar refractivity (Wildman–Crippen MR) is 122 cm³/mol. The molecule has 34 heavy (non-hydrogen) atoms. The number of hydrogen-bond acceptors (Lipinski definition) is 9. The van der Waals surface area contributed by atoms with E-state index in [1.54, 1.807) is 6.07 Å². The van der Waals surface area contributed by atoms with E-state index in [9.17, 15) is 25.4 Å². The number of nitrogens with zero attached hydrogens (tertiary/aromatic N) is 2. The summed E-state index contributed by atoms with van der Waals surface area (Å²) in [6.07, 6.45) is -4.56. The van der Waals surface area contributed by atoms with Gasteiger partial charge >= 0.3 is 0 Å². The van der Waals surface area contributed by atoms with Crippen LogP contribution in [0.5, 0.6) is 0 Å². The van der Waals surface area contributed by atoms with Crippen molar-refractivity contribution in [2.75, 3.05) is 37.8 Å². The van der Waals surface area contributed by atoms with Gasteiger partial charge < -0.3 is 40.1 Å². The topological polar surface area (TPSA) is 156 Å². The average molecular weight is 469 g/mol. The van der Waals surface area contributed by atoms with Gasteiger partial charge in [-0.2, -0.15) is 5.26 Å². The molecule has 5 N–H and O–H groups in total. The lowest BCUT2D eigenvalue weighted by molar-refractivity contribution is -0.253. The lowest BCUT2D eigenvalue weighted by Crippen LogP contribution is -2.64. The molecule has 1 unspecified atom stereocenters. The second kappa shape index (κ2) is 10.5. The molecule has 2 aromatic carbocycles. The monoisotopic (exact) mass is 469 g/mol. The van der Waals surface area contributed by atoms with Gasteiger partial charge in [-0.3, -0.25) is 4.79 Å². The number of fused-ring (bicyclic) bond motifs is 1. The maximum Gasteiger partial charge on any atom is 0.262 e. The molecule has 5 atom stereocenters. The molecule has 10 heteroatoms. The van der Waals surface area contributed by atoms with Crippen molar-refractivity contribution in [2.45, 2.75) is 30.6 Å². The first-order chi connectivity index (χ1) is 16.4. The molecule has 0 saturated carbocycles. The Kier molecular flexibility index (Phi) is 7.43. The minimum atomic E-state index is -1.67. The van der Waals surface area contributed by atoms with E-state index in [2.05, 4.69) is 16.3 Å². The molecule has 2 aromatic rings. The lowest BCUT2D eigenvalue weighted by atomic mass is 9.96. The molecule has 2 aliphatic heterocycles. The van der Waals surface area contributed by atoms with E-state index >= 15 is 0 Å². The van der Waals surface area contributed by atoms with Crippen molar-refractivity contribution in [3.8, 4) is 6.07 Å². The Morgan fingerprint density at radius 2 is 1.82 bits per heavy atom. The third-order valence-electron chi connectivity index (χ3n) is 6.10. The summed E-state index contributed by atoms with van der Waals surface area (Å²) in [6.45, 7) is 2.45. The Labute approximate surface area is 196 Å². The maximum absolute atomic E-state index is 12.7. The van der Waals surface area contributed by atoms with Gasteiger partial charge in [0.2, 0.25) is 0 Å². The molecule has 2 fully saturated rings. The minimum Gasteiger partial charge on any atom is -0.394 e. The number of aliphatic hydroxyl groups is 4. The van der Waals surface area contributed by atoms with E-state index in [4.69, 9.17) is 14.6 Å². The Bertz CT molecular complexity index is 1110. The summed E-state index contributed by atoms with van der Waals surface area (Å²) < 4.78 is 10.4. The molecule has 0 radical (unpaired) electrons. The molecular weight excluding hydrogens is 442 g/mol. The first-order valence-corrected chi connectivity index (χ1v) is 11.0. The van der Waals surface area contributed by atoms with Crippen molar-refractivity contribution in [1.82, 2.24) is 5.32 Å². The normalized spacial score (nSPS) is 27.9. The van der Waals surface area contributed by atoms with Crippen LogP contribution in [0, 0.1) is 11.3 Å². The number of nitriles is 1. The quantitative estimate of drug-likeness (QED) is 0.288. The van der Waals surface area contributed by atoms with E-state index in [1.165, 1.54) is 6.08 Å². The van der Waals surface area contributed by atoms with E-state index in [0.29, 0.717) is 18.8 Å². The summed E-state index contributed by atoms with van der Waals surface area (Å²) in [5.41, 5.74) is 1.48. The minimum absolute atomic E-state index is 0.248. The summed E-state index contributed by atoms with van der Waals surface area (Å²) in [6, 6.07) is 12.1. The van der Waals surface area contributed by atoms with Crippen LogP contribution >= 0.6 is 0 Å². The fraction of sp³-hybridized carbons (Fsp3) is 0.417. The number of anilines is 1. The second-order valence-electron chi connectivity index (χ2n) is 8.29. The molecule has 0 spiro atoms. The standard InChI is InChI=1S/C24H27N3O7/c25-12-17(23(31)26-20-22(30)21(29)19(13-28)34-24(20)32)10-14-1-2-16-11-18(4-3-15(16)9-14)27-5-7-33-8-6-27/h1-4,9-11,19-22,24,28-30,32H,5-8,13H2,(H,26,31)/b17-10+/t19-,20-,21-,22-,24?/m1/s1. The summed E-state index contributed by atoms with van der Waals surface area (Å²) in [5, 5.41) is 53.2. The third kappa shape index (κ3) is 5.05. The highest BCUT2D eigenvalue weighted by atomic mass is 16.6. The maximum atomic E-state index is 12.7. The summed E-state index contributed by atoms with van der Waals surface area (Å²) in [5.74, 6) is -0.841. The molecule has 0 aliphatic carbocycles. The highest BCUT2D eigenvalue weighted by Gasteiger charge is 2.44. The summed E-state index contributed by atoms with van der Waals surface area (Å²) in [7, 11) is 0. The first-order valence-electron chi connectivity index (χ1n) is 11.0. The molecule has 2 aliphatic rings. The predicted octanol–water partition coefficient (Wildman–Crippen LogP) is -0.501. The number of carbonyl (C=O) groups excluding carboxylic acids is 1. The van der Waals surface area contributed by atoms with E-state index in [-0.39, 0.29) is 5.57 Å². The zero-order valence-corrected chi connectivity index (χ0v) is 18.4. The number of benzene rings is 2. The zero-order chi connectivity index (χ0) is 24.2. The Balaban J connectivity index is 1.50. The van der Waals surface area contributed by atoms with Crippen LogP contribution < -0.4 is 10.2 Å². The van der Waals surface area contributed by atoms with Gasteiger partial charge in [0.25, 0.3) is 5.91 Å². The second-order valence-corrected chi connectivity index (χ2v) is 8.29. The molecule has 4 rings (SSSR count). The van der Waals surface area contributed by atoms with E-state index in [0.717, 1.165) is 29.5 Å². The van der Waals surface area contributed by atoms with Gasteiger partial charge in [0.05, 0.1) is 19.8 Å². The van der Waals surface area contributed by atoms with E-state index in [1.807, 2.05) is 30.3 Å². The first kappa shape index (κ1) is 24.1. The van der Waals surface area contributed by atoms with E-state index < -0.39 is 43.2 Å². The fourth-order valence-electron chi connectivity index (χ4n) is 4.16. The summed E-state index contributed by atoms with van der Waals surface area (Å²) in [4.78, 5) is 14.9. The lowest BCUT2D eigenvalue weighted by Gasteiger charge is -2.40. The highest BCUT2D eigenvalue weighted by Crippen LogP contribution is 2.25. The van der Waals surface area contributed by atoms with Crippen LogP contribution in [0.3, 0.4) is 0 Å². The van der Waals surface area contributed by atoms with Gasteiger partial charge in [-0.25, -0.2) is 0 Å². The Hall–Kier alpha value is -3.04. The van der Waals surface area contributed by atoms with Crippen molar-refractivity contribution in [1.29, 1.82) is 5.26 Å².